The summed E-state index contributed by atoms with van der Waals surface area (Å²) in [5, 5.41) is 16.0. The number of nitrogens with zero attached hydrogens (tertiary/aromatic N) is 2. The lowest BCUT2D eigenvalue weighted by Gasteiger charge is -2.21. The van der Waals surface area contributed by atoms with Crippen LogP contribution in [0.5, 0.6) is 0 Å². The van der Waals surface area contributed by atoms with E-state index in [-0.39, 0.29) is 20.6 Å². The predicted octanol–water partition coefficient (Wildman–Crippen LogP) is 4.19. The van der Waals surface area contributed by atoms with Gasteiger partial charge in [0.15, 0.2) is 5.11 Å². The van der Waals surface area contributed by atoms with Gasteiger partial charge in [0.05, 0.1) is 9.82 Å². The number of thiocarbonyl (C=S) groups is 1. The number of rotatable bonds is 9. The van der Waals surface area contributed by atoms with E-state index >= 15 is 0 Å². The van der Waals surface area contributed by atoms with E-state index in [0.29, 0.717) is 31.6 Å². The molecule has 0 radical (unpaired) electrons. The third-order valence-electron chi connectivity index (χ3n) is 4.33. The van der Waals surface area contributed by atoms with Gasteiger partial charge in [0.2, 0.25) is 10.0 Å². The Labute approximate surface area is 197 Å². The Kier molecular flexibility index (Phi) is 9.08. The summed E-state index contributed by atoms with van der Waals surface area (Å²) >= 11 is 10.9. The highest BCUT2D eigenvalue weighted by atomic mass is 35.5. The molecule has 0 aliphatic rings. The third kappa shape index (κ3) is 6.45. The first-order valence-corrected chi connectivity index (χ1v) is 12.0. The molecule has 0 saturated heterocycles. The van der Waals surface area contributed by atoms with E-state index in [0.717, 1.165) is 6.07 Å². The van der Waals surface area contributed by atoms with E-state index in [9.17, 15) is 23.3 Å². The van der Waals surface area contributed by atoms with Crippen LogP contribution in [0.25, 0.3) is 0 Å². The van der Waals surface area contributed by atoms with Crippen LogP contribution in [0.15, 0.2) is 47.4 Å². The number of sulfonamides is 1. The Bertz CT molecular complexity index is 1100. The quantitative estimate of drug-likeness (QED) is 0.302. The van der Waals surface area contributed by atoms with E-state index < -0.39 is 26.5 Å². The molecule has 0 spiro atoms. The maximum atomic E-state index is 12.8. The molecule has 2 aromatic carbocycles. The molecule has 0 heterocycles. The van der Waals surface area contributed by atoms with Gasteiger partial charge in [0.1, 0.15) is 5.02 Å². The molecule has 0 aliphatic heterocycles. The van der Waals surface area contributed by atoms with Gasteiger partial charge >= 0.3 is 0 Å². The van der Waals surface area contributed by atoms with Gasteiger partial charge in [-0.25, -0.2) is 8.42 Å². The Balaban J connectivity index is 2.07. The van der Waals surface area contributed by atoms with E-state index in [1.807, 2.05) is 13.8 Å². The van der Waals surface area contributed by atoms with Crippen molar-refractivity contribution in [2.24, 2.45) is 0 Å². The summed E-state index contributed by atoms with van der Waals surface area (Å²) in [5.74, 6) is -0.656. The number of nitro groups is 1. The van der Waals surface area contributed by atoms with Gasteiger partial charge in [-0.3, -0.25) is 20.2 Å². The number of carbonyl (C=O) groups excluding carboxylic acids is 1. The second-order valence-electron chi connectivity index (χ2n) is 6.76. The first-order chi connectivity index (χ1) is 15.1. The van der Waals surface area contributed by atoms with Crippen LogP contribution in [-0.2, 0) is 10.0 Å². The molecule has 0 aliphatic carbocycles. The van der Waals surface area contributed by atoms with E-state index in [2.05, 4.69) is 10.6 Å². The van der Waals surface area contributed by atoms with Crippen LogP contribution in [0.4, 0.5) is 11.4 Å². The molecule has 0 aromatic heterocycles. The van der Waals surface area contributed by atoms with Crippen molar-refractivity contribution in [2.75, 3.05) is 18.4 Å². The van der Waals surface area contributed by atoms with Gasteiger partial charge in [0, 0.05) is 30.4 Å². The van der Waals surface area contributed by atoms with Crippen LogP contribution in [0.1, 0.15) is 37.0 Å². The van der Waals surface area contributed by atoms with Crippen LogP contribution in [0.2, 0.25) is 5.02 Å². The zero-order valence-electron chi connectivity index (χ0n) is 17.5. The largest absolute Gasteiger partial charge is 0.332 e. The third-order valence-corrected chi connectivity index (χ3v) is 6.76. The maximum Gasteiger partial charge on any atom is 0.288 e. The fraction of sp³-hybridized carbons (Fsp3) is 0.300. The minimum atomic E-state index is -3.60. The Morgan fingerprint density at radius 1 is 1.12 bits per heavy atom. The summed E-state index contributed by atoms with van der Waals surface area (Å²) in [6.45, 7) is 4.72. The van der Waals surface area contributed by atoms with Crippen molar-refractivity contribution in [3.63, 3.8) is 0 Å². The van der Waals surface area contributed by atoms with Crippen LogP contribution in [-0.4, -0.2) is 41.8 Å². The van der Waals surface area contributed by atoms with Crippen molar-refractivity contribution >= 4 is 56.2 Å². The number of hydrogen-bond donors (Lipinski definition) is 2. The molecule has 0 unspecified atom stereocenters. The summed E-state index contributed by atoms with van der Waals surface area (Å²) in [7, 11) is -3.60. The predicted molar refractivity (Wildman–Crippen MR) is 128 cm³/mol. The first kappa shape index (κ1) is 25.7. The first-order valence-electron chi connectivity index (χ1n) is 9.76. The van der Waals surface area contributed by atoms with Gasteiger partial charge in [-0.05, 0) is 61.5 Å². The molecule has 2 N–H and O–H groups in total. The molecule has 172 valence electrons. The fourth-order valence-corrected chi connectivity index (χ4v) is 4.86. The molecule has 32 heavy (non-hydrogen) atoms. The number of nitrogens with one attached hydrogen (secondary N) is 2. The van der Waals surface area contributed by atoms with E-state index in [1.165, 1.54) is 40.7 Å². The molecule has 1 amide bonds. The lowest BCUT2D eigenvalue weighted by molar-refractivity contribution is -0.384. The lowest BCUT2D eigenvalue weighted by atomic mass is 10.2. The van der Waals surface area contributed by atoms with Gasteiger partial charge in [-0.15, -0.1) is 0 Å². The molecule has 2 rings (SSSR count). The summed E-state index contributed by atoms with van der Waals surface area (Å²) < 4.78 is 27.1. The van der Waals surface area contributed by atoms with Crippen molar-refractivity contribution in [3.8, 4) is 0 Å². The second kappa shape index (κ2) is 11.3. The van der Waals surface area contributed by atoms with Crippen molar-refractivity contribution in [1.82, 2.24) is 9.62 Å². The lowest BCUT2D eigenvalue weighted by Crippen LogP contribution is -2.34. The molecular formula is C20H23ClN4O5S2. The van der Waals surface area contributed by atoms with Crippen LogP contribution >= 0.6 is 23.8 Å². The molecule has 12 heteroatoms. The highest BCUT2D eigenvalue weighted by Crippen LogP contribution is 2.25. The number of nitro benzene ring substituents is 1. The summed E-state index contributed by atoms with van der Waals surface area (Å²) in [6.07, 6.45) is 1.42. The Morgan fingerprint density at radius 2 is 1.72 bits per heavy atom. The number of halogens is 1. The normalized spacial score (nSPS) is 11.2. The van der Waals surface area contributed by atoms with Gasteiger partial charge < -0.3 is 5.32 Å². The average Bonchev–Trinajstić information content (AvgIpc) is 2.74. The monoisotopic (exact) mass is 498 g/mol. The number of amides is 1. The van der Waals surface area contributed by atoms with Crippen molar-refractivity contribution in [2.45, 2.75) is 31.6 Å². The number of hydrogen-bond acceptors (Lipinski definition) is 6. The van der Waals surface area contributed by atoms with E-state index in [4.69, 9.17) is 23.8 Å². The molecular weight excluding hydrogens is 476 g/mol. The molecule has 9 nitrogen and oxygen atoms in total. The van der Waals surface area contributed by atoms with Crippen LogP contribution in [0, 0.1) is 10.1 Å². The van der Waals surface area contributed by atoms with Crippen molar-refractivity contribution < 1.29 is 18.1 Å². The maximum absolute atomic E-state index is 12.8. The Hall–Kier alpha value is -2.60. The zero-order chi connectivity index (χ0) is 23.9. The summed E-state index contributed by atoms with van der Waals surface area (Å²) in [6, 6.07) is 9.64. The average molecular weight is 499 g/mol. The summed E-state index contributed by atoms with van der Waals surface area (Å²) in [5.41, 5.74) is 0.0858. The topological polar surface area (TPSA) is 122 Å². The van der Waals surface area contributed by atoms with Crippen LogP contribution < -0.4 is 10.6 Å². The SMILES string of the molecule is CCCN(CCC)S(=O)(=O)c1ccc(NC(=S)NC(=O)c2ccc(Cl)c([N+](=O)[O-])c2)cc1. The minimum absolute atomic E-state index is 0.0126. The standard InChI is InChI=1S/C20H23ClN4O5S2/c1-3-11-24(12-4-2)32(29,30)16-8-6-15(7-9-16)22-20(31)23-19(26)14-5-10-17(21)18(13-14)25(27)28/h5-10,13H,3-4,11-12H2,1-2H3,(H2,22,23,26,31). The number of benzene rings is 2. The molecule has 0 bridgehead atoms. The van der Waals surface area contributed by atoms with Crippen LogP contribution in [0.3, 0.4) is 0 Å². The molecule has 2 aromatic rings. The van der Waals surface area contributed by atoms with Gasteiger partial charge in [0.25, 0.3) is 11.6 Å². The molecule has 0 saturated carbocycles. The van der Waals surface area contributed by atoms with Crippen molar-refractivity contribution in [3.05, 3.63) is 63.2 Å². The molecule has 0 fully saturated rings. The van der Waals surface area contributed by atoms with Gasteiger partial charge in [-0.2, -0.15) is 4.31 Å². The second-order valence-corrected chi connectivity index (χ2v) is 9.51. The number of carbonyl (C=O) groups is 1. The van der Waals surface area contributed by atoms with Crippen molar-refractivity contribution in [1.29, 1.82) is 0 Å². The smallest absolute Gasteiger partial charge is 0.288 e. The fourth-order valence-electron chi connectivity index (χ4n) is 2.84. The van der Waals surface area contributed by atoms with Gasteiger partial charge in [-0.1, -0.05) is 25.4 Å². The highest BCUT2D eigenvalue weighted by Gasteiger charge is 2.23. The molecule has 0 atom stereocenters. The number of anilines is 1. The van der Waals surface area contributed by atoms with E-state index in [1.54, 1.807) is 0 Å². The summed E-state index contributed by atoms with van der Waals surface area (Å²) in [4.78, 5) is 22.8. The Morgan fingerprint density at radius 3 is 2.25 bits per heavy atom. The highest BCUT2D eigenvalue weighted by molar-refractivity contribution is 7.89. The zero-order valence-corrected chi connectivity index (χ0v) is 19.9. The minimum Gasteiger partial charge on any atom is -0.332 e.